The average molecular weight is 460 g/mol. The molecular weight excluding hydrogens is 438 g/mol. The smallest absolute Gasteiger partial charge is 0.336 e. The lowest BCUT2D eigenvalue weighted by molar-refractivity contribution is -0.130. The van der Waals surface area contributed by atoms with Crippen molar-refractivity contribution in [2.24, 2.45) is 0 Å². The minimum atomic E-state index is -1.00. The fourth-order valence-corrected chi connectivity index (χ4v) is 4.23. The van der Waals surface area contributed by atoms with Crippen LogP contribution in [0, 0.1) is 6.92 Å². The SMILES string of the molecule is Cc1ccc(C=C(C(=O)O)c2ccc(Oc3ccc(CC4SC(=O)NC4=O)cc3)cc2)cc1. The van der Waals surface area contributed by atoms with Gasteiger partial charge < -0.3 is 9.84 Å². The van der Waals surface area contributed by atoms with Gasteiger partial charge in [0.05, 0.1) is 10.8 Å². The predicted octanol–water partition coefficient (Wildman–Crippen LogP) is 5.31. The van der Waals surface area contributed by atoms with Gasteiger partial charge in [-0.15, -0.1) is 0 Å². The monoisotopic (exact) mass is 459 g/mol. The quantitative estimate of drug-likeness (QED) is 0.368. The highest BCUT2D eigenvalue weighted by molar-refractivity contribution is 8.15. The third-order valence-corrected chi connectivity index (χ3v) is 6.11. The molecule has 0 spiro atoms. The van der Waals surface area contributed by atoms with Crippen molar-refractivity contribution >= 4 is 40.5 Å². The van der Waals surface area contributed by atoms with E-state index in [4.69, 9.17) is 4.74 Å². The van der Waals surface area contributed by atoms with Crippen LogP contribution in [0.3, 0.4) is 0 Å². The van der Waals surface area contributed by atoms with Crippen LogP contribution in [0.2, 0.25) is 0 Å². The lowest BCUT2D eigenvalue weighted by Crippen LogP contribution is -2.25. The number of aliphatic carboxylic acids is 1. The summed E-state index contributed by atoms with van der Waals surface area (Å²) in [6.45, 7) is 1.98. The molecule has 1 atom stereocenters. The van der Waals surface area contributed by atoms with E-state index in [1.807, 2.05) is 43.3 Å². The molecule has 2 N–H and O–H groups in total. The second-order valence-electron chi connectivity index (χ2n) is 7.63. The van der Waals surface area contributed by atoms with Gasteiger partial charge in [-0.25, -0.2) is 4.79 Å². The zero-order chi connectivity index (χ0) is 23.4. The number of nitrogens with one attached hydrogen (secondary N) is 1. The Morgan fingerprint density at radius 2 is 1.58 bits per heavy atom. The molecule has 0 aromatic heterocycles. The van der Waals surface area contributed by atoms with Gasteiger partial charge in [0.15, 0.2) is 0 Å². The molecule has 33 heavy (non-hydrogen) atoms. The molecular formula is C26H21NO5S. The summed E-state index contributed by atoms with van der Waals surface area (Å²) in [5.74, 6) is -0.0825. The number of thioether (sulfide) groups is 1. The number of aryl methyl sites for hydroxylation is 1. The van der Waals surface area contributed by atoms with E-state index >= 15 is 0 Å². The number of carbonyl (C=O) groups is 3. The van der Waals surface area contributed by atoms with Gasteiger partial charge in [-0.05, 0) is 60.4 Å². The van der Waals surface area contributed by atoms with Gasteiger partial charge in [-0.3, -0.25) is 14.9 Å². The van der Waals surface area contributed by atoms with Gasteiger partial charge in [0.2, 0.25) is 5.91 Å². The van der Waals surface area contributed by atoms with Crippen molar-refractivity contribution in [1.82, 2.24) is 5.32 Å². The molecule has 0 bridgehead atoms. The van der Waals surface area contributed by atoms with Crippen molar-refractivity contribution in [1.29, 1.82) is 0 Å². The lowest BCUT2D eigenvalue weighted by Gasteiger charge is -2.09. The van der Waals surface area contributed by atoms with Gasteiger partial charge in [-0.1, -0.05) is 65.9 Å². The van der Waals surface area contributed by atoms with Crippen LogP contribution in [-0.4, -0.2) is 27.5 Å². The Bertz CT molecular complexity index is 1220. The van der Waals surface area contributed by atoms with Gasteiger partial charge in [0.1, 0.15) is 11.5 Å². The lowest BCUT2D eigenvalue weighted by atomic mass is 10.0. The largest absolute Gasteiger partial charge is 0.478 e. The molecule has 1 unspecified atom stereocenters. The maximum absolute atomic E-state index is 11.8. The Kier molecular flexibility index (Phi) is 6.60. The van der Waals surface area contributed by atoms with E-state index in [0.29, 0.717) is 23.5 Å². The van der Waals surface area contributed by atoms with Gasteiger partial charge >= 0.3 is 5.97 Å². The van der Waals surface area contributed by atoms with Crippen LogP contribution in [0.15, 0.2) is 72.8 Å². The minimum Gasteiger partial charge on any atom is -0.478 e. The van der Waals surface area contributed by atoms with Crippen molar-refractivity contribution in [3.8, 4) is 11.5 Å². The molecule has 3 aromatic carbocycles. The summed E-state index contributed by atoms with van der Waals surface area (Å²) >= 11 is 1.00. The summed E-state index contributed by atoms with van der Waals surface area (Å²) in [6.07, 6.45) is 2.11. The second kappa shape index (κ2) is 9.75. The van der Waals surface area contributed by atoms with Gasteiger partial charge in [-0.2, -0.15) is 0 Å². The zero-order valence-corrected chi connectivity index (χ0v) is 18.6. The Balaban J connectivity index is 1.43. The summed E-state index contributed by atoms with van der Waals surface area (Å²) < 4.78 is 5.86. The van der Waals surface area contributed by atoms with Gasteiger partial charge in [0, 0.05) is 0 Å². The summed E-state index contributed by atoms with van der Waals surface area (Å²) in [5, 5.41) is 11.2. The highest BCUT2D eigenvalue weighted by Gasteiger charge is 2.31. The van der Waals surface area contributed by atoms with Crippen LogP contribution in [-0.2, 0) is 16.0 Å². The highest BCUT2D eigenvalue weighted by atomic mass is 32.2. The topological polar surface area (TPSA) is 92.7 Å². The molecule has 166 valence electrons. The molecule has 0 saturated carbocycles. The number of rotatable bonds is 7. The van der Waals surface area contributed by atoms with E-state index in [9.17, 15) is 19.5 Å². The Morgan fingerprint density at radius 1 is 0.970 bits per heavy atom. The molecule has 1 aliphatic heterocycles. The van der Waals surface area contributed by atoms with Crippen LogP contribution in [0.25, 0.3) is 11.6 Å². The van der Waals surface area contributed by atoms with Crippen molar-refractivity contribution < 1.29 is 24.2 Å². The van der Waals surface area contributed by atoms with E-state index in [1.54, 1.807) is 42.5 Å². The van der Waals surface area contributed by atoms with Crippen molar-refractivity contribution in [2.75, 3.05) is 0 Å². The molecule has 1 fully saturated rings. The number of hydrogen-bond donors (Lipinski definition) is 2. The molecule has 3 aromatic rings. The second-order valence-corrected chi connectivity index (χ2v) is 8.81. The Hall–Kier alpha value is -3.84. The van der Waals surface area contributed by atoms with Gasteiger partial charge in [0.25, 0.3) is 5.24 Å². The average Bonchev–Trinajstić information content (AvgIpc) is 3.11. The maximum Gasteiger partial charge on any atom is 0.336 e. The molecule has 4 rings (SSSR count). The summed E-state index contributed by atoms with van der Waals surface area (Å²) in [7, 11) is 0. The molecule has 1 aliphatic rings. The van der Waals surface area contributed by atoms with E-state index in [0.717, 1.165) is 28.5 Å². The van der Waals surface area contributed by atoms with Crippen molar-refractivity contribution in [3.63, 3.8) is 0 Å². The van der Waals surface area contributed by atoms with Crippen LogP contribution in [0.5, 0.6) is 11.5 Å². The first-order chi connectivity index (χ1) is 15.9. The number of ether oxygens (including phenoxy) is 1. The van der Waals surface area contributed by atoms with Crippen LogP contribution < -0.4 is 10.1 Å². The van der Waals surface area contributed by atoms with E-state index in [2.05, 4.69) is 5.32 Å². The molecule has 7 heteroatoms. The normalized spacial score (nSPS) is 15.9. The fraction of sp³-hybridized carbons (Fsp3) is 0.115. The first kappa shape index (κ1) is 22.4. The number of carbonyl (C=O) groups excluding carboxylic acids is 2. The number of carboxylic acid groups (broad SMARTS) is 1. The van der Waals surface area contributed by atoms with E-state index in [-0.39, 0.29) is 16.7 Å². The van der Waals surface area contributed by atoms with Crippen molar-refractivity contribution in [2.45, 2.75) is 18.6 Å². The molecule has 2 amide bonds. The molecule has 0 aliphatic carbocycles. The number of carboxylic acids is 1. The number of amides is 2. The number of imide groups is 1. The van der Waals surface area contributed by atoms with Crippen LogP contribution in [0.4, 0.5) is 4.79 Å². The van der Waals surface area contributed by atoms with Crippen LogP contribution in [0.1, 0.15) is 22.3 Å². The van der Waals surface area contributed by atoms with E-state index < -0.39 is 11.2 Å². The van der Waals surface area contributed by atoms with Crippen molar-refractivity contribution in [3.05, 3.63) is 95.1 Å². The number of hydrogen-bond acceptors (Lipinski definition) is 5. The summed E-state index contributed by atoms with van der Waals surface area (Å²) in [5.41, 5.74) is 3.62. The maximum atomic E-state index is 11.8. The summed E-state index contributed by atoms with van der Waals surface area (Å²) in [6, 6.07) is 21.8. The molecule has 1 heterocycles. The first-order valence-corrected chi connectivity index (χ1v) is 11.2. The molecule has 1 saturated heterocycles. The van der Waals surface area contributed by atoms with Crippen LogP contribution >= 0.6 is 11.8 Å². The minimum absolute atomic E-state index is 0.196. The molecule has 0 radical (unpaired) electrons. The highest BCUT2D eigenvalue weighted by Crippen LogP contribution is 2.27. The fourth-order valence-electron chi connectivity index (χ4n) is 3.37. The molecule has 6 nitrogen and oxygen atoms in total. The third kappa shape index (κ3) is 5.70. The first-order valence-electron chi connectivity index (χ1n) is 10.3. The van der Waals surface area contributed by atoms with E-state index in [1.165, 1.54) is 0 Å². The zero-order valence-electron chi connectivity index (χ0n) is 17.8. The predicted molar refractivity (Wildman–Crippen MR) is 128 cm³/mol. The third-order valence-electron chi connectivity index (χ3n) is 5.13. The number of benzene rings is 3. The Morgan fingerprint density at radius 3 is 2.12 bits per heavy atom. The standard InChI is InChI=1S/C26H21NO5S/c1-16-2-4-17(5-3-16)14-22(25(29)30)19-8-12-21(13-9-19)32-20-10-6-18(7-11-20)15-23-24(28)27-26(31)33-23/h2-14,23H,15H2,1H3,(H,29,30)(H,27,28,31). The Labute approximate surface area is 195 Å². The summed E-state index contributed by atoms with van der Waals surface area (Å²) in [4.78, 5) is 34.8.